The zero-order chi connectivity index (χ0) is 17.9. The van der Waals surface area contributed by atoms with Crippen LogP contribution in [0.25, 0.3) is 6.08 Å². The third-order valence-electron chi connectivity index (χ3n) is 3.92. The second kappa shape index (κ2) is 7.14. The normalized spacial score (nSPS) is 18.7. The van der Waals surface area contributed by atoms with Gasteiger partial charge in [-0.2, -0.15) is 13.2 Å². The van der Waals surface area contributed by atoms with Crippen LogP contribution in [0.3, 0.4) is 0 Å². The first kappa shape index (κ1) is 17.3. The van der Waals surface area contributed by atoms with Crippen LogP contribution in [0.5, 0.6) is 0 Å². The molecule has 1 amide bonds. The molecule has 2 heterocycles. The minimum Gasteiger partial charge on any atom is -0.465 e. The molecule has 0 aliphatic carbocycles. The van der Waals surface area contributed by atoms with Crippen molar-refractivity contribution in [2.75, 3.05) is 19.7 Å². The largest absolute Gasteiger partial charge is 0.465 e. The van der Waals surface area contributed by atoms with Crippen LogP contribution in [0.4, 0.5) is 13.2 Å². The molecule has 1 unspecified atom stereocenters. The first-order chi connectivity index (χ1) is 11.9. The van der Waals surface area contributed by atoms with Gasteiger partial charge in [-0.25, -0.2) is 0 Å². The fourth-order valence-corrected chi connectivity index (χ4v) is 2.58. The Bertz CT molecular complexity index is 736. The Morgan fingerprint density at radius 1 is 1.20 bits per heavy atom. The third-order valence-corrected chi connectivity index (χ3v) is 3.92. The molecule has 25 heavy (non-hydrogen) atoms. The van der Waals surface area contributed by atoms with Gasteiger partial charge >= 0.3 is 6.18 Å². The monoisotopic (exact) mass is 351 g/mol. The average molecular weight is 351 g/mol. The number of halogens is 3. The minimum absolute atomic E-state index is 0.198. The van der Waals surface area contributed by atoms with E-state index in [0.717, 1.165) is 12.1 Å². The standard InChI is InChI=1S/C18H16F3NO3/c19-18(20,21)14-5-3-13(4-6-14)16-12-22(9-11-25-16)17(23)8-7-15-2-1-10-24-15/h1-8,10,16H,9,11-12H2/b8-7+. The highest BCUT2D eigenvalue weighted by molar-refractivity contribution is 5.91. The van der Waals surface area contributed by atoms with Crippen molar-refractivity contribution in [2.24, 2.45) is 0 Å². The van der Waals surface area contributed by atoms with Gasteiger partial charge in [-0.3, -0.25) is 4.79 Å². The van der Waals surface area contributed by atoms with Crippen LogP contribution < -0.4 is 0 Å². The third kappa shape index (κ3) is 4.30. The summed E-state index contributed by atoms with van der Waals surface area (Å²) in [5.74, 6) is 0.373. The van der Waals surface area contributed by atoms with Crippen LogP contribution in [0.2, 0.25) is 0 Å². The van der Waals surface area contributed by atoms with Crippen molar-refractivity contribution in [1.29, 1.82) is 0 Å². The molecule has 1 aliphatic heterocycles. The summed E-state index contributed by atoms with van der Waals surface area (Å²) >= 11 is 0. The first-order valence-corrected chi connectivity index (χ1v) is 7.73. The molecule has 3 rings (SSSR count). The molecule has 132 valence electrons. The Balaban J connectivity index is 1.65. The van der Waals surface area contributed by atoms with E-state index in [1.807, 2.05) is 0 Å². The molecule has 0 saturated carbocycles. The number of rotatable bonds is 3. The predicted octanol–water partition coefficient (Wildman–Crippen LogP) is 3.91. The predicted molar refractivity (Wildman–Crippen MR) is 84.5 cm³/mol. The fourth-order valence-electron chi connectivity index (χ4n) is 2.58. The van der Waals surface area contributed by atoms with Crippen molar-refractivity contribution >= 4 is 12.0 Å². The van der Waals surface area contributed by atoms with E-state index in [4.69, 9.17) is 9.15 Å². The number of nitrogens with zero attached hydrogens (tertiary/aromatic N) is 1. The molecular formula is C18H16F3NO3. The van der Waals surface area contributed by atoms with Crippen LogP contribution in [0, 0.1) is 0 Å². The minimum atomic E-state index is -4.37. The maximum Gasteiger partial charge on any atom is 0.416 e. The Kier molecular flexibility index (Phi) is 4.94. The lowest BCUT2D eigenvalue weighted by Crippen LogP contribution is -2.41. The van der Waals surface area contributed by atoms with E-state index in [2.05, 4.69) is 0 Å². The SMILES string of the molecule is O=C(/C=C/c1ccco1)N1CCOC(c2ccc(C(F)(F)F)cc2)C1. The summed E-state index contributed by atoms with van der Waals surface area (Å²) in [7, 11) is 0. The number of amides is 1. The zero-order valence-electron chi connectivity index (χ0n) is 13.2. The maximum atomic E-state index is 12.6. The molecule has 7 heteroatoms. The second-order valence-electron chi connectivity index (χ2n) is 5.61. The highest BCUT2D eigenvalue weighted by atomic mass is 19.4. The van der Waals surface area contributed by atoms with Gasteiger partial charge in [0.15, 0.2) is 0 Å². The fraction of sp³-hybridized carbons (Fsp3) is 0.278. The lowest BCUT2D eigenvalue weighted by atomic mass is 10.1. The number of morpholine rings is 1. The number of furan rings is 1. The number of carbonyl (C=O) groups is 1. The maximum absolute atomic E-state index is 12.6. The van der Waals surface area contributed by atoms with Crippen molar-refractivity contribution in [1.82, 2.24) is 4.90 Å². The van der Waals surface area contributed by atoms with Gasteiger partial charge in [-0.15, -0.1) is 0 Å². The first-order valence-electron chi connectivity index (χ1n) is 7.73. The molecule has 1 aromatic carbocycles. The summed E-state index contributed by atoms with van der Waals surface area (Å²) in [6.07, 6.45) is -0.319. The van der Waals surface area contributed by atoms with Gasteiger partial charge in [0.05, 0.1) is 25.0 Å². The summed E-state index contributed by atoms with van der Waals surface area (Å²) in [6.45, 7) is 1.04. The lowest BCUT2D eigenvalue weighted by Gasteiger charge is -2.32. The summed E-state index contributed by atoms with van der Waals surface area (Å²) < 4.78 is 48.6. The van der Waals surface area contributed by atoms with Gasteiger partial charge in [-0.1, -0.05) is 12.1 Å². The number of carbonyl (C=O) groups excluding carboxylic acids is 1. The molecule has 1 aromatic heterocycles. The smallest absolute Gasteiger partial charge is 0.416 e. The molecule has 1 fully saturated rings. The van der Waals surface area contributed by atoms with Crippen molar-refractivity contribution < 1.29 is 27.1 Å². The number of hydrogen-bond acceptors (Lipinski definition) is 3. The number of ether oxygens (including phenoxy) is 1. The van der Waals surface area contributed by atoms with Crippen molar-refractivity contribution in [3.63, 3.8) is 0 Å². The Morgan fingerprint density at radius 2 is 1.96 bits per heavy atom. The zero-order valence-corrected chi connectivity index (χ0v) is 13.2. The number of benzene rings is 1. The van der Waals surface area contributed by atoms with Gasteiger partial charge in [0.25, 0.3) is 0 Å². The summed E-state index contributed by atoms with van der Waals surface area (Å²) in [5, 5.41) is 0. The summed E-state index contributed by atoms with van der Waals surface area (Å²) in [4.78, 5) is 13.9. The topological polar surface area (TPSA) is 42.7 Å². The van der Waals surface area contributed by atoms with Gasteiger partial charge in [0.1, 0.15) is 11.9 Å². The molecule has 0 spiro atoms. The molecule has 2 aromatic rings. The molecule has 1 atom stereocenters. The second-order valence-corrected chi connectivity index (χ2v) is 5.61. The van der Waals surface area contributed by atoms with E-state index >= 15 is 0 Å². The molecular weight excluding hydrogens is 335 g/mol. The summed E-state index contributed by atoms with van der Waals surface area (Å²) in [5.41, 5.74) is -0.0955. The highest BCUT2D eigenvalue weighted by Gasteiger charge is 2.31. The van der Waals surface area contributed by atoms with Crippen molar-refractivity contribution in [3.05, 3.63) is 65.6 Å². The summed E-state index contributed by atoms with van der Waals surface area (Å²) in [6, 6.07) is 8.28. The van der Waals surface area contributed by atoms with Crippen molar-refractivity contribution in [3.8, 4) is 0 Å². The van der Waals surface area contributed by atoms with Gasteiger partial charge in [0, 0.05) is 12.6 Å². The lowest BCUT2D eigenvalue weighted by molar-refractivity contribution is -0.137. The molecule has 0 radical (unpaired) electrons. The number of alkyl halides is 3. The molecule has 1 aliphatic rings. The highest BCUT2D eigenvalue weighted by Crippen LogP contribution is 2.31. The van der Waals surface area contributed by atoms with Crippen LogP contribution in [0.1, 0.15) is 23.0 Å². The van der Waals surface area contributed by atoms with E-state index in [-0.39, 0.29) is 12.5 Å². The van der Waals surface area contributed by atoms with Crippen LogP contribution in [0.15, 0.2) is 53.2 Å². The average Bonchev–Trinajstić information content (AvgIpc) is 3.13. The van der Waals surface area contributed by atoms with Crippen molar-refractivity contribution in [2.45, 2.75) is 12.3 Å². The van der Waals surface area contributed by atoms with E-state index in [9.17, 15) is 18.0 Å². The van der Waals surface area contributed by atoms with Crippen LogP contribution >= 0.6 is 0 Å². The van der Waals surface area contributed by atoms with Gasteiger partial charge < -0.3 is 14.1 Å². The van der Waals surface area contributed by atoms with Crippen LogP contribution in [-0.4, -0.2) is 30.5 Å². The Labute approximate surface area is 142 Å². The van der Waals surface area contributed by atoms with E-state index in [1.165, 1.54) is 24.5 Å². The van der Waals surface area contributed by atoms with E-state index in [0.29, 0.717) is 24.5 Å². The van der Waals surface area contributed by atoms with E-state index < -0.39 is 17.8 Å². The van der Waals surface area contributed by atoms with Gasteiger partial charge in [-0.05, 0) is 35.9 Å². The number of hydrogen-bond donors (Lipinski definition) is 0. The Hall–Kier alpha value is -2.54. The molecule has 1 saturated heterocycles. The van der Waals surface area contributed by atoms with Gasteiger partial charge in [0.2, 0.25) is 5.91 Å². The van der Waals surface area contributed by atoms with Crippen LogP contribution in [-0.2, 0) is 15.7 Å². The molecule has 4 nitrogen and oxygen atoms in total. The molecule has 0 bridgehead atoms. The quantitative estimate of drug-likeness (QED) is 0.788. The molecule has 0 N–H and O–H groups in total. The van der Waals surface area contributed by atoms with E-state index in [1.54, 1.807) is 23.1 Å². The Morgan fingerprint density at radius 3 is 2.60 bits per heavy atom.